The standard InChI is InChI=1S/C14H20N2O2/c17-14(18)15-13-7-10-16(11-8-13)9-6-12-4-2-1-3-5-12/h1-5,13,15H,6-11H2,(H,17,18). The molecule has 18 heavy (non-hydrogen) atoms. The van der Waals surface area contributed by atoms with E-state index in [1.807, 2.05) is 6.07 Å². The molecule has 98 valence electrons. The minimum absolute atomic E-state index is 0.135. The van der Waals surface area contributed by atoms with Gasteiger partial charge in [0.25, 0.3) is 0 Å². The van der Waals surface area contributed by atoms with Crippen LogP contribution in [0.15, 0.2) is 30.3 Å². The number of hydrogen-bond acceptors (Lipinski definition) is 2. The molecule has 2 N–H and O–H groups in total. The number of rotatable bonds is 4. The molecular formula is C14H20N2O2. The van der Waals surface area contributed by atoms with Crippen molar-refractivity contribution in [1.29, 1.82) is 0 Å². The third-order valence-electron chi connectivity index (χ3n) is 3.47. The quantitative estimate of drug-likeness (QED) is 0.856. The maximum absolute atomic E-state index is 10.5. The summed E-state index contributed by atoms with van der Waals surface area (Å²) >= 11 is 0. The zero-order chi connectivity index (χ0) is 12.8. The highest BCUT2D eigenvalue weighted by Crippen LogP contribution is 2.11. The van der Waals surface area contributed by atoms with Crippen molar-refractivity contribution in [2.75, 3.05) is 19.6 Å². The third-order valence-corrected chi connectivity index (χ3v) is 3.47. The Morgan fingerprint density at radius 3 is 2.56 bits per heavy atom. The van der Waals surface area contributed by atoms with Crippen LogP contribution in [0.5, 0.6) is 0 Å². The highest BCUT2D eigenvalue weighted by atomic mass is 16.4. The predicted molar refractivity (Wildman–Crippen MR) is 70.8 cm³/mol. The molecule has 0 saturated carbocycles. The van der Waals surface area contributed by atoms with Crippen molar-refractivity contribution in [2.45, 2.75) is 25.3 Å². The van der Waals surface area contributed by atoms with E-state index in [0.717, 1.165) is 38.9 Å². The van der Waals surface area contributed by atoms with E-state index < -0.39 is 6.09 Å². The zero-order valence-corrected chi connectivity index (χ0v) is 10.5. The molecule has 0 bridgehead atoms. The Kier molecular flexibility index (Phi) is 4.59. The highest BCUT2D eigenvalue weighted by Gasteiger charge is 2.19. The summed E-state index contributed by atoms with van der Waals surface area (Å²) in [7, 11) is 0. The molecule has 0 radical (unpaired) electrons. The molecule has 1 amide bonds. The lowest BCUT2D eigenvalue weighted by atomic mass is 10.0. The SMILES string of the molecule is O=C(O)NC1CCN(CCc2ccccc2)CC1. The Morgan fingerprint density at radius 2 is 1.94 bits per heavy atom. The van der Waals surface area contributed by atoms with E-state index in [0.29, 0.717) is 0 Å². The minimum atomic E-state index is -0.905. The van der Waals surface area contributed by atoms with Crippen molar-refractivity contribution in [3.8, 4) is 0 Å². The first kappa shape index (κ1) is 12.9. The van der Waals surface area contributed by atoms with Crippen molar-refractivity contribution in [1.82, 2.24) is 10.2 Å². The first-order chi connectivity index (χ1) is 8.74. The van der Waals surface area contributed by atoms with Gasteiger partial charge in [-0.15, -0.1) is 0 Å². The van der Waals surface area contributed by atoms with Gasteiger partial charge in [0.2, 0.25) is 0 Å². The number of carboxylic acid groups (broad SMARTS) is 1. The van der Waals surface area contributed by atoms with E-state index in [1.54, 1.807) is 0 Å². The van der Waals surface area contributed by atoms with E-state index in [2.05, 4.69) is 34.5 Å². The first-order valence-corrected chi connectivity index (χ1v) is 6.50. The summed E-state index contributed by atoms with van der Waals surface area (Å²) in [4.78, 5) is 12.9. The van der Waals surface area contributed by atoms with Gasteiger partial charge in [-0.3, -0.25) is 0 Å². The Hall–Kier alpha value is -1.55. The van der Waals surface area contributed by atoms with Crippen molar-refractivity contribution < 1.29 is 9.90 Å². The maximum atomic E-state index is 10.5. The van der Waals surface area contributed by atoms with Gasteiger partial charge in [0, 0.05) is 25.7 Å². The number of carbonyl (C=O) groups is 1. The molecule has 1 aliphatic rings. The average Bonchev–Trinajstić information content (AvgIpc) is 2.38. The fraction of sp³-hybridized carbons (Fsp3) is 0.500. The van der Waals surface area contributed by atoms with Crippen LogP contribution >= 0.6 is 0 Å². The molecule has 0 aliphatic carbocycles. The number of hydrogen-bond donors (Lipinski definition) is 2. The largest absolute Gasteiger partial charge is 0.465 e. The van der Waals surface area contributed by atoms with Crippen molar-refractivity contribution in [3.63, 3.8) is 0 Å². The lowest BCUT2D eigenvalue weighted by Crippen LogP contribution is -2.44. The molecule has 0 aromatic heterocycles. The summed E-state index contributed by atoms with van der Waals surface area (Å²) in [5, 5.41) is 11.2. The van der Waals surface area contributed by atoms with Crippen LogP contribution in [0.4, 0.5) is 4.79 Å². The number of nitrogens with zero attached hydrogens (tertiary/aromatic N) is 1. The number of nitrogens with one attached hydrogen (secondary N) is 1. The smallest absolute Gasteiger partial charge is 0.404 e. The van der Waals surface area contributed by atoms with Gasteiger partial charge in [-0.05, 0) is 24.8 Å². The minimum Gasteiger partial charge on any atom is -0.465 e. The molecule has 1 fully saturated rings. The summed E-state index contributed by atoms with van der Waals surface area (Å²) in [5.41, 5.74) is 1.36. The normalized spacial score (nSPS) is 17.6. The second-order valence-electron chi connectivity index (χ2n) is 4.80. The molecule has 0 spiro atoms. The number of amides is 1. The van der Waals surface area contributed by atoms with Crippen LogP contribution in [-0.4, -0.2) is 41.8 Å². The predicted octanol–water partition coefficient (Wildman–Crippen LogP) is 1.96. The topological polar surface area (TPSA) is 52.6 Å². The summed E-state index contributed by atoms with van der Waals surface area (Å²) in [6, 6.07) is 10.6. The van der Waals surface area contributed by atoms with E-state index in [9.17, 15) is 4.79 Å². The second kappa shape index (κ2) is 6.40. The van der Waals surface area contributed by atoms with Crippen molar-refractivity contribution >= 4 is 6.09 Å². The van der Waals surface area contributed by atoms with Gasteiger partial charge in [-0.1, -0.05) is 30.3 Å². The van der Waals surface area contributed by atoms with Gasteiger partial charge in [0.1, 0.15) is 0 Å². The van der Waals surface area contributed by atoms with Gasteiger partial charge < -0.3 is 15.3 Å². The highest BCUT2D eigenvalue weighted by molar-refractivity contribution is 5.64. The molecule has 1 heterocycles. The molecule has 4 nitrogen and oxygen atoms in total. The fourth-order valence-electron chi connectivity index (χ4n) is 2.41. The Morgan fingerprint density at radius 1 is 1.28 bits per heavy atom. The van der Waals surface area contributed by atoms with E-state index in [1.165, 1.54) is 5.56 Å². The Balaban J connectivity index is 1.69. The van der Waals surface area contributed by atoms with Crippen LogP contribution in [0.3, 0.4) is 0 Å². The Bertz CT molecular complexity index is 373. The van der Waals surface area contributed by atoms with Crippen LogP contribution < -0.4 is 5.32 Å². The van der Waals surface area contributed by atoms with Crippen LogP contribution in [-0.2, 0) is 6.42 Å². The van der Waals surface area contributed by atoms with Crippen LogP contribution in [0.2, 0.25) is 0 Å². The molecule has 1 saturated heterocycles. The van der Waals surface area contributed by atoms with Gasteiger partial charge >= 0.3 is 6.09 Å². The molecule has 1 aromatic carbocycles. The second-order valence-corrected chi connectivity index (χ2v) is 4.80. The summed E-state index contributed by atoms with van der Waals surface area (Å²) < 4.78 is 0. The van der Waals surface area contributed by atoms with Gasteiger partial charge in [-0.25, -0.2) is 4.79 Å². The zero-order valence-electron chi connectivity index (χ0n) is 10.5. The summed E-state index contributed by atoms with van der Waals surface area (Å²) in [5.74, 6) is 0. The average molecular weight is 248 g/mol. The van der Waals surface area contributed by atoms with E-state index in [-0.39, 0.29) is 6.04 Å². The molecule has 4 heteroatoms. The monoisotopic (exact) mass is 248 g/mol. The lowest BCUT2D eigenvalue weighted by Gasteiger charge is -2.31. The maximum Gasteiger partial charge on any atom is 0.404 e. The molecule has 2 rings (SSSR count). The number of benzene rings is 1. The molecule has 1 aromatic rings. The number of piperidine rings is 1. The van der Waals surface area contributed by atoms with E-state index >= 15 is 0 Å². The molecular weight excluding hydrogens is 228 g/mol. The van der Waals surface area contributed by atoms with Gasteiger partial charge in [0.05, 0.1) is 0 Å². The van der Waals surface area contributed by atoms with E-state index in [4.69, 9.17) is 5.11 Å². The van der Waals surface area contributed by atoms with Gasteiger partial charge in [-0.2, -0.15) is 0 Å². The van der Waals surface area contributed by atoms with Crippen LogP contribution in [0.25, 0.3) is 0 Å². The molecule has 0 atom stereocenters. The van der Waals surface area contributed by atoms with Crippen molar-refractivity contribution in [2.24, 2.45) is 0 Å². The van der Waals surface area contributed by atoms with Crippen molar-refractivity contribution in [3.05, 3.63) is 35.9 Å². The first-order valence-electron chi connectivity index (χ1n) is 6.50. The summed E-state index contributed by atoms with van der Waals surface area (Å²) in [6.07, 6.45) is 2.00. The lowest BCUT2D eigenvalue weighted by molar-refractivity contribution is 0.169. The summed E-state index contributed by atoms with van der Waals surface area (Å²) in [6.45, 7) is 3.03. The molecule has 0 unspecified atom stereocenters. The third kappa shape index (κ3) is 4.04. The number of likely N-dealkylation sites (tertiary alicyclic amines) is 1. The Labute approximate surface area is 108 Å². The van der Waals surface area contributed by atoms with Crippen LogP contribution in [0, 0.1) is 0 Å². The molecule has 1 aliphatic heterocycles. The van der Waals surface area contributed by atoms with Crippen LogP contribution in [0.1, 0.15) is 18.4 Å². The van der Waals surface area contributed by atoms with Gasteiger partial charge in [0.15, 0.2) is 0 Å². The fourth-order valence-corrected chi connectivity index (χ4v) is 2.41.